The minimum absolute atomic E-state index is 0.0650. The molecule has 0 radical (unpaired) electrons. The molecule has 1 aromatic carbocycles. The van der Waals surface area contributed by atoms with Crippen molar-refractivity contribution in [2.45, 2.75) is 32.0 Å². The summed E-state index contributed by atoms with van der Waals surface area (Å²) in [6, 6.07) is 7.96. The number of hydrogen-bond acceptors (Lipinski definition) is 9. The highest BCUT2D eigenvalue weighted by molar-refractivity contribution is 7.14. The molecule has 162 valence electrons. The number of carbonyl (C=O) groups excluding carboxylic acids is 1. The first-order valence-corrected chi connectivity index (χ1v) is 10.9. The average Bonchev–Trinajstić information content (AvgIpc) is 3.35. The number of rotatable bonds is 6. The SMILES string of the molecule is C[C@H](Nc1nc(Cl)cc(N2C(=O)OCC2[C@@H](C)O)n1)c1nnc(-c2ccc(Cl)cc2)s1. The molecule has 3 atom stereocenters. The zero-order chi connectivity index (χ0) is 22.1. The van der Waals surface area contributed by atoms with Gasteiger partial charge in [-0.25, -0.2) is 9.78 Å². The number of benzene rings is 1. The van der Waals surface area contributed by atoms with Crippen LogP contribution in [-0.4, -0.2) is 50.1 Å². The summed E-state index contributed by atoms with van der Waals surface area (Å²) in [5.74, 6) is 0.449. The molecule has 2 aromatic heterocycles. The van der Waals surface area contributed by atoms with Crippen molar-refractivity contribution < 1.29 is 14.6 Å². The van der Waals surface area contributed by atoms with Crippen LogP contribution in [0.2, 0.25) is 10.2 Å². The number of carbonyl (C=O) groups is 1. The van der Waals surface area contributed by atoms with Gasteiger partial charge in [-0.3, -0.25) is 4.90 Å². The van der Waals surface area contributed by atoms with Crippen LogP contribution in [0.1, 0.15) is 24.9 Å². The summed E-state index contributed by atoms with van der Waals surface area (Å²) in [5, 5.41) is 23.8. The van der Waals surface area contributed by atoms with E-state index in [1.807, 2.05) is 19.1 Å². The Hall–Kier alpha value is -2.53. The second-order valence-corrected chi connectivity index (χ2v) is 8.78. The first-order chi connectivity index (χ1) is 14.8. The molecule has 0 spiro atoms. The van der Waals surface area contributed by atoms with E-state index in [-0.39, 0.29) is 29.6 Å². The molecule has 1 unspecified atom stereocenters. The normalized spacial score (nSPS) is 18.0. The van der Waals surface area contributed by atoms with Crippen LogP contribution in [0.25, 0.3) is 10.6 Å². The van der Waals surface area contributed by atoms with Crippen molar-refractivity contribution in [3.63, 3.8) is 0 Å². The molecule has 0 aliphatic carbocycles. The molecule has 1 saturated heterocycles. The Bertz CT molecular complexity index is 1090. The predicted octanol–water partition coefficient (Wildman–Crippen LogP) is 4.18. The predicted molar refractivity (Wildman–Crippen MR) is 119 cm³/mol. The highest BCUT2D eigenvalue weighted by Gasteiger charge is 2.38. The molecule has 2 N–H and O–H groups in total. The third kappa shape index (κ3) is 4.72. The van der Waals surface area contributed by atoms with Crippen molar-refractivity contribution in [2.75, 3.05) is 16.8 Å². The third-order valence-corrected chi connectivity index (χ3v) is 6.24. The first-order valence-electron chi connectivity index (χ1n) is 9.36. The Morgan fingerprint density at radius 1 is 1.23 bits per heavy atom. The van der Waals surface area contributed by atoms with Crippen LogP contribution < -0.4 is 10.2 Å². The zero-order valence-corrected chi connectivity index (χ0v) is 18.8. The van der Waals surface area contributed by atoms with E-state index in [0.29, 0.717) is 5.02 Å². The molecule has 3 aromatic rings. The lowest BCUT2D eigenvalue weighted by molar-refractivity contribution is 0.142. The molecule has 4 rings (SSSR count). The summed E-state index contributed by atoms with van der Waals surface area (Å²) >= 11 is 13.5. The standard InChI is InChI=1S/C19H18Cl2N6O3S/c1-9(16-25-26-17(31-16)11-3-5-12(20)6-4-11)22-18-23-14(21)7-15(24-18)27-13(10(2)28)8-30-19(27)29/h3-7,9-10,13,28H,8H2,1-2H3,(H,22,23,24)/t9-,10+,13?/m0/s1. The molecule has 9 nitrogen and oxygen atoms in total. The molecule has 1 aliphatic rings. The smallest absolute Gasteiger partial charge is 0.416 e. The van der Waals surface area contributed by atoms with E-state index in [0.717, 1.165) is 15.6 Å². The Labute approximate surface area is 192 Å². The largest absolute Gasteiger partial charge is 0.447 e. The summed E-state index contributed by atoms with van der Waals surface area (Å²) < 4.78 is 5.05. The number of aliphatic hydroxyl groups excluding tert-OH is 1. The maximum atomic E-state index is 12.2. The summed E-state index contributed by atoms with van der Waals surface area (Å²) in [4.78, 5) is 22.0. The van der Waals surface area contributed by atoms with Gasteiger partial charge in [0.2, 0.25) is 5.95 Å². The van der Waals surface area contributed by atoms with Gasteiger partial charge in [0.05, 0.1) is 12.1 Å². The number of amides is 1. The van der Waals surface area contributed by atoms with E-state index >= 15 is 0 Å². The topological polar surface area (TPSA) is 113 Å². The van der Waals surface area contributed by atoms with Crippen molar-refractivity contribution >= 4 is 52.4 Å². The van der Waals surface area contributed by atoms with Gasteiger partial charge in [0.1, 0.15) is 33.6 Å². The lowest BCUT2D eigenvalue weighted by Crippen LogP contribution is -2.41. The first kappa shape index (κ1) is 21.7. The van der Waals surface area contributed by atoms with Crippen molar-refractivity contribution in [2.24, 2.45) is 0 Å². The molecule has 1 amide bonds. The van der Waals surface area contributed by atoms with E-state index in [1.165, 1.54) is 22.3 Å². The van der Waals surface area contributed by atoms with E-state index in [2.05, 4.69) is 25.5 Å². The van der Waals surface area contributed by atoms with Gasteiger partial charge in [0.25, 0.3) is 0 Å². The van der Waals surface area contributed by atoms with E-state index in [4.69, 9.17) is 27.9 Å². The molecule has 31 heavy (non-hydrogen) atoms. The maximum Gasteiger partial charge on any atom is 0.416 e. The molecular formula is C19H18Cl2N6O3S. The minimum atomic E-state index is -0.803. The summed E-state index contributed by atoms with van der Waals surface area (Å²) in [6.07, 6.45) is -1.40. The Morgan fingerprint density at radius 2 is 1.97 bits per heavy atom. The van der Waals surface area contributed by atoms with E-state index in [1.54, 1.807) is 19.1 Å². The fraction of sp³-hybridized carbons (Fsp3) is 0.316. The number of halogens is 2. The molecular weight excluding hydrogens is 463 g/mol. The second kappa shape index (κ2) is 8.91. The van der Waals surface area contributed by atoms with Crippen LogP contribution in [0.3, 0.4) is 0 Å². The number of nitrogens with one attached hydrogen (secondary N) is 1. The number of cyclic esters (lactones) is 1. The Morgan fingerprint density at radius 3 is 2.68 bits per heavy atom. The van der Waals surface area contributed by atoms with Crippen molar-refractivity contribution in [3.8, 4) is 10.6 Å². The third-order valence-electron chi connectivity index (χ3n) is 4.64. The van der Waals surface area contributed by atoms with Crippen LogP contribution >= 0.6 is 34.5 Å². The lowest BCUT2D eigenvalue weighted by Gasteiger charge is -2.23. The molecule has 0 bridgehead atoms. The van der Waals surface area contributed by atoms with E-state index < -0.39 is 18.2 Å². The van der Waals surface area contributed by atoms with Crippen LogP contribution in [0.5, 0.6) is 0 Å². The maximum absolute atomic E-state index is 12.2. The quantitative estimate of drug-likeness (QED) is 0.504. The van der Waals surface area contributed by atoms with Crippen LogP contribution in [0.15, 0.2) is 30.3 Å². The van der Waals surface area contributed by atoms with Gasteiger partial charge in [-0.05, 0) is 26.0 Å². The lowest BCUT2D eigenvalue weighted by atomic mass is 10.2. The van der Waals surface area contributed by atoms with Gasteiger partial charge >= 0.3 is 6.09 Å². The van der Waals surface area contributed by atoms with E-state index in [9.17, 15) is 9.90 Å². The monoisotopic (exact) mass is 480 g/mol. The average molecular weight is 481 g/mol. The number of nitrogens with zero attached hydrogens (tertiary/aromatic N) is 5. The number of anilines is 2. The van der Waals surface area contributed by atoms with Crippen LogP contribution in [0, 0.1) is 0 Å². The van der Waals surface area contributed by atoms with Crippen LogP contribution in [0.4, 0.5) is 16.6 Å². The number of aromatic nitrogens is 4. The van der Waals surface area contributed by atoms with Gasteiger partial charge in [-0.2, -0.15) is 4.98 Å². The molecule has 0 saturated carbocycles. The van der Waals surface area contributed by atoms with Crippen molar-refractivity contribution in [1.29, 1.82) is 0 Å². The van der Waals surface area contributed by atoms with Crippen molar-refractivity contribution in [3.05, 3.63) is 45.5 Å². The van der Waals surface area contributed by atoms with Gasteiger partial charge in [-0.15, -0.1) is 10.2 Å². The fourth-order valence-electron chi connectivity index (χ4n) is 3.02. The van der Waals surface area contributed by atoms with Gasteiger partial charge in [-0.1, -0.05) is 46.7 Å². The van der Waals surface area contributed by atoms with Gasteiger partial charge in [0, 0.05) is 16.7 Å². The number of ether oxygens (including phenoxy) is 1. The molecule has 12 heteroatoms. The Balaban J connectivity index is 1.54. The van der Waals surface area contributed by atoms with Crippen molar-refractivity contribution in [1.82, 2.24) is 20.2 Å². The highest BCUT2D eigenvalue weighted by Crippen LogP contribution is 2.30. The fourth-order valence-corrected chi connectivity index (χ4v) is 4.18. The molecule has 1 fully saturated rings. The highest BCUT2D eigenvalue weighted by atomic mass is 35.5. The number of aliphatic hydroxyl groups is 1. The zero-order valence-electron chi connectivity index (χ0n) is 16.5. The van der Waals surface area contributed by atoms with Gasteiger partial charge in [0.15, 0.2) is 0 Å². The Kier molecular flexibility index (Phi) is 6.24. The number of hydrogen-bond donors (Lipinski definition) is 2. The second-order valence-electron chi connectivity index (χ2n) is 6.95. The molecule has 1 aliphatic heterocycles. The molecule has 3 heterocycles. The van der Waals surface area contributed by atoms with Gasteiger partial charge < -0.3 is 15.2 Å². The summed E-state index contributed by atoms with van der Waals surface area (Å²) in [6.45, 7) is 3.53. The van der Waals surface area contributed by atoms with Crippen LogP contribution in [-0.2, 0) is 4.74 Å². The summed E-state index contributed by atoms with van der Waals surface area (Å²) in [5.41, 5.74) is 0.915. The summed E-state index contributed by atoms with van der Waals surface area (Å²) in [7, 11) is 0. The minimum Gasteiger partial charge on any atom is -0.447 e.